The van der Waals surface area contributed by atoms with E-state index in [0.717, 1.165) is 23.5 Å². The summed E-state index contributed by atoms with van der Waals surface area (Å²) in [5, 5.41) is 2.92. The number of nitrogens with zero attached hydrogens (tertiary/aromatic N) is 1. The van der Waals surface area contributed by atoms with Crippen LogP contribution < -0.4 is 14.8 Å². The summed E-state index contributed by atoms with van der Waals surface area (Å²) in [5.74, 6) is 1.42. The summed E-state index contributed by atoms with van der Waals surface area (Å²) in [4.78, 5) is 14.3. The Morgan fingerprint density at radius 3 is 2.48 bits per heavy atom. The second kappa shape index (κ2) is 9.69. The molecule has 0 aromatic heterocycles. The summed E-state index contributed by atoms with van der Waals surface area (Å²) < 4.78 is 10.9. The van der Waals surface area contributed by atoms with Gasteiger partial charge in [0, 0.05) is 12.2 Å². The van der Waals surface area contributed by atoms with Gasteiger partial charge in [-0.3, -0.25) is 9.69 Å². The van der Waals surface area contributed by atoms with Crippen LogP contribution in [0.3, 0.4) is 0 Å². The molecule has 0 radical (unpaired) electrons. The zero-order valence-electron chi connectivity index (χ0n) is 15.1. The molecule has 1 amide bonds. The summed E-state index contributed by atoms with van der Waals surface area (Å²) >= 11 is 0. The van der Waals surface area contributed by atoms with E-state index in [4.69, 9.17) is 9.47 Å². The van der Waals surface area contributed by atoms with Crippen LogP contribution in [-0.2, 0) is 11.3 Å². The Morgan fingerprint density at radius 1 is 1.08 bits per heavy atom. The van der Waals surface area contributed by atoms with Crippen molar-refractivity contribution >= 4 is 11.6 Å². The summed E-state index contributed by atoms with van der Waals surface area (Å²) in [5.41, 5.74) is 1.89. The van der Waals surface area contributed by atoms with E-state index < -0.39 is 0 Å². The maximum atomic E-state index is 12.2. The third-order valence-electron chi connectivity index (χ3n) is 3.81. The molecule has 0 unspecified atom stereocenters. The van der Waals surface area contributed by atoms with Gasteiger partial charge in [0.05, 0.1) is 20.3 Å². The van der Waals surface area contributed by atoms with E-state index in [1.165, 1.54) is 0 Å². The highest BCUT2D eigenvalue weighted by atomic mass is 16.5. The molecule has 2 aromatic carbocycles. The van der Waals surface area contributed by atoms with E-state index in [1.807, 2.05) is 62.4 Å². The first-order valence-electron chi connectivity index (χ1n) is 8.53. The zero-order valence-corrected chi connectivity index (χ0v) is 15.1. The van der Waals surface area contributed by atoms with Gasteiger partial charge in [0.1, 0.15) is 0 Å². The molecule has 0 aliphatic heterocycles. The van der Waals surface area contributed by atoms with Crippen molar-refractivity contribution in [2.45, 2.75) is 20.4 Å². The predicted molar refractivity (Wildman–Crippen MR) is 100 cm³/mol. The number of hydrogen-bond acceptors (Lipinski definition) is 4. The second-order valence-electron chi connectivity index (χ2n) is 5.64. The van der Waals surface area contributed by atoms with Crippen LogP contribution in [-0.4, -0.2) is 37.6 Å². The molecule has 2 rings (SSSR count). The Morgan fingerprint density at radius 2 is 1.84 bits per heavy atom. The molecule has 0 saturated heterocycles. The number of likely N-dealkylation sites (N-methyl/N-ethyl adjacent to an activating group) is 1. The van der Waals surface area contributed by atoms with Crippen LogP contribution in [0.25, 0.3) is 0 Å². The van der Waals surface area contributed by atoms with Crippen LogP contribution in [0.4, 0.5) is 5.69 Å². The van der Waals surface area contributed by atoms with Crippen LogP contribution in [0.15, 0.2) is 48.5 Å². The van der Waals surface area contributed by atoms with Crippen molar-refractivity contribution in [2.24, 2.45) is 0 Å². The number of anilines is 1. The molecule has 134 valence electrons. The maximum Gasteiger partial charge on any atom is 0.238 e. The fourth-order valence-electron chi connectivity index (χ4n) is 2.55. The van der Waals surface area contributed by atoms with Gasteiger partial charge in [-0.05, 0) is 43.3 Å². The van der Waals surface area contributed by atoms with E-state index >= 15 is 0 Å². The molecule has 0 spiro atoms. The minimum absolute atomic E-state index is 0.0223. The molecule has 5 nitrogen and oxygen atoms in total. The van der Waals surface area contributed by atoms with Crippen LogP contribution in [0.5, 0.6) is 11.5 Å². The quantitative estimate of drug-likeness (QED) is 0.757. The first-order valence-corrected chi connectivity index (χ1v) is 8.53. The molecule has 2 aromatic rings. The van der Waals surface area contributed by atoms with Gasteiger partial charge in [0.2, 0.25) is 5.91 Å². The van der Waals surface area contributed by atoms with Crippen molar-refractivity contribution in [3.05, 3.63) is 54.1 Å². The average Bonchev–Trinajstić information content (AvgIpc) is 2.63. The molecule has 0 bridgehead atoms. The highest BCUT2D eigenvalue weighted by Crippen LogP contribution is 2.28. The SMILES string of the molecule is CCOc1ccc(CN(CC)CC(=O)Nc2ccccc2)cc1OC. The van der Waals surface area contributed by atoms with Gasteiger partial charge in [-0.2, -0.15) is 0 Å². The summed E-state index contributed by atoms with van der Waals surface area (Å²) in [7, 11) is 1.63. The molecular weight excluding hydrogens is 316 g/mol. The molecule has 0 heterocycles. The van der Waals surface area contributed by atoms with Crippen molar-refractivity contribution in [3.8, 4) is 11.5 Å². The average molecular weight is 342 g/mol. The van der Waals surface area contributed by atoms with E-state index in [1.54, 1.807) is 7.11 Å². The summed E-state index contributed by atoms with van der Waals surface area (Å²) in [6.07, 6.45) is 0. The normalized spacial score (nSPS) is 10.6. The van der Waals surface area contributed by atoms with Crippen LogP contribution in [0.1, 0.15) is 19.4 Å². The lowest BCUT2D eigenvalue weighted by Gasteiger charge is -2.20. The third kappa shape index (κ3) is 5.80. The topological polar surface area (TPSA) is 50.8 Å². The molecule has 1 N–H and O–H groups in total. The van der Waals surface area contributed by atoms with Crippen molar-refractivity contribution < 1.29 is 14.3 Å². The van der Waals surface area contributed by atoms with Gasteiger partial charge in [-0.25, -0.2) is 0 Å². The molecule has 0 fully saturated rings. The molecule has 5 heteroatoms. The highest BCUT2D eigenvalue weighted by Gasteiger charge is 2.12. The number of carbonyl (C=O) groups excluding carboxylic acids is 1. The zero-order chi connectivity index (χ0) is 18.1. The summed E-state index contributed by atoms with van der Waals surface area (Å²) in [6.45, 7) is 6.36. The standard InChI is InChI=1S/C20H26N2O3/c1-4-22(15-20(23)21-17-9-7-6-8-10-17)14-16-11-12-18(25-5-2)19(13-16)24-3/h6-13H,4-5,14-15H2,1-3H3,(H,21,23). The number of para-hydroxylation sites is 1. The highest BCUT2D eigenvalue weighted by molar-refractivity contribution is 5.92. The van der Waals surface area contributed by atoms with Crippen molar-refractivity contribution in [3.63, 3.8) is 0 Å². The van der Waals surface area contributed by atoms with Crippen molar-refractivity contribution in [1.29, 1.82) is 0 Å². The molecular formula is C20H26N2O3. The smallest absolute Gasteiger partial charge is 0.238 e. The number of methoxy groups -OCH3 is 1. The van der Waals surface area contributed by atoms with Gasteiger partial charge in [0.25, 0.3) is 0 Å². The molecule has 0 atom stereocenters. The van der Waals surface area contributed by atoms with Gasteiger partial charge >= 0.3 is 0 Å². The van der Waals surface area contributed by atoms with E-state index in [0.29, 0.717) is 25.4 Å². The van der Waals surface area contributed by atoms with Crippen LogP contribution >= 0.6 is 0 Å². The van der Waals surface area contributed by atoms with E-state index in [2.05, 4.69) is 10.2 Å². The predicted octanol–water partition coefficient (Wildman–Crippen LogP) is 3.55. The van der Waals surface area contributed by atoms with E-state index in [-0.39, 0.29) is 5.91 Å². The number of hydrogen-bond donors (Lipinski definition) is 1. The Balaban J connectivity index is 1.98. The molecule has 0 aliphatic rings. The largest absolute Gasteiger partial charge is 0.493 e. The Bertz CT molecular complexity index is 674. The van der Waals surface area contributed by atoms with Gasteiger partial charge in [0.15, 0.2) is 11.5 Å². The van der Waals surface area contributed by atoms with Crippen molar-refractivity contribution in [2.75, 3.05) is 32.1 Å². The number of nitrogens with one attached hydrogen (secondary N) is 1. The first kappa shape index (κ1) is 18.8. The fraction of sp³-hybridized carbons (Fsp3) is 0.350. The minimum Gasteiger partial charge on any atom is -0.493 e. The Hall–Kier alpha value is -2.53. The molecule has 0 aliphatic carbocycles. The number of rotatable bonds is 9. The molecule has 25 heavy (non-hydrogen) atoms. The number of amides is 1. The third-order valence-corrected chi connectivity index (χ3v) is 3.81. The van der Waals surface area contributed by atoms with Crippen LogP contribution in [0, 0.1) is 0 Å². The monoisotopic (exact) mass is 342 g/mol. The number of benzene rings is 2. The lowest BCUT2D eigenvalue weighted by molar-refractivity contribution is -0.117. The molecule has 0 saturated carbocycles. The lowest BCUT2D eigenvalue weighted by Crippen LogP contribution is -2.32. The Kier molecular flexibility index (Phi) is 7.29. The Labute approximate surface area is 149 Å². The van der Waals surface area contributed by atoms with Gasteiger partial charge in [-0.1, -0.05) is 31.2 Å². The van der Waals surface area contributed by atoms with Crippen LogP contribution in [0.2, 0.25) is 0 Å². The van der Waals surface area contributed by atoms with Crippen molar-refractivity contribution in [1.82, 2.24) is 4.90 Å². The first-order chi connectivity index (χ1) is 12.2. The number of carbonyl (C=O) groups is 1. The van der Waals surface area contributed by atoms with E-state index in [9.17, 15) is 4.79 Å². The van der Waals surface area contributed by atoms with Gasteiger partial charge in [-0.15, -0.1) is 0 Å². The maximum absolute atomic E-state index is 12.2. The lowest BCUT2D eigenvalue weighted by atomic mass is 10.2. The summed E-state index contributed by atoms with van der Waals surface area (Å²) in [6, 6.07) is 15.4. The van der Waals surface area contributed by atoms with Gasteiger partial charge < -0.3 is 14.8 Å². The second-order valence-corrected chi connectivity index (χ2v) is 5.64. The number of ether oxygens (including phenoxy) is 2. The minimum atomic E-state index is -0.0223. The fourth-order valence-corrected chi connectivity index (χ4v) is 2.55.